The van der Waals surface area contributed by atoms with E-state index < -0.39 is 0 Å². The average Bonchev–Trinajstić information content (AvgIpc) is 3.01. The van der Waals surface area contributed by atoms with Crippen LogP contribution in [0.2, 0.25) is 0 Å². The highest BCUT2D eigenvalue weighted by molar-refractivity contribution is 6.12. The van der Waals surface area contributed by atoms with Crippen molar-refractivity contribution in [1.82, 2.24) is 4.57 Å². The van der Waals surface area contributed by atoms with Crippen molar-refractivity contribution in [3.05, 3.63) is 72.3 Å². The first-order chi connectivity index (χ1) is 12.2. The maximum absolute atomic E-state index is 9.08. The fraction of sp³-hybridized carbons (Fsp3) is 0.0952. The third-order valence-electron chi connectivity index (χ3n) is 4.57. The van der Waals surface area contributed by atoms with Gasteiger partial charge in [0.05, 0.1) is 23.9 Å². The summed E-state index contributed by atoms with van der Waals surface area (Å²) < 4.78 is 7.51. The van der Waals surface area contributed by atoms with Crippen LogP contribution in [0.5, 0.6) is 5.75 Å². The van der Waals surface area contributed by atoms with Crippen LogP contribution in [0, 0.1) is 0 Å². The van der Waals surface area contributed by atoms with E-state index in [9.17, 15) is 0 Å². The summed E-state index contributed by atoms with van der Waals surface area (Å²) in [7, 11) is 1.67. The number of benzene rings is 3. The molecular formula is C21H18N2O2. The molecular weight excluding hydrogens is 312 g/mol. The lowest BCUT2D eigenvalue weighted by Gasteiger charge is -2.09. The van der Waals surface area contributed by atoms with Crippen LogP contribution in [0.25, 0.3) is 27.5 Å². The Bertz CT molecular complexity index is 1090. The molecule has 25 heavy (non-hydrogen) atoms. The van der Waals surface area contributed by atoms with E-state index in [0.717, 1.165) is 33.4 Å². The lowest BCUT2D eigenvalue weighted by atomic mass is 10.1. The molecule has 0 spiro atoms. The van der Waals surface area contributed by atoms with Crippen LogP contribution < -0.4 is 4.74 Å². The van der Waals surface area contributed by atoms with E-state index in [4.69, 9.17) is 9.94 Å². The van der Waals surface area contributed by atoms with Gasteiger partial charge in [-0.1, -0.05) is 29.4 Å². The summed E-state index contributed by atoms with van der Waals surface area (Å²) in [5.41, 5.74) is 4.84. The first kappa shape index (κ1) is 15.3. The number of ether oxygens (including phenoxy) is 1. The quantitative estimate of drug-likeness (QED) is 0.327. The molecule has 1 aromatic heterocycles. The molecule has 0 aliphatic heterocycles. The highest BCUT2D eigenvalue weighted by Gasteiger charge is 2.13. The molecule has 0 fully saturated rings. The average molecular weight is 330 g/mol. The lowest BCUT2D eigenvalue weighted by Crippen LogP contribution is -1.96. The topological polar surface area (TPSA) is 46.8 Å². The van der Waals surface area contributed by atoms with Crippen LogP contribution in [0.4, 0.5) is 0 Å². The van der Waals surface area contributed by atoms with Crippen molar-refractivity contribution in [1.29, 1.82) is 0 Å². The van der Waals surface area contributed by atoms with E-state index in [2.05, 4.69) is 46.1 Å². The van der Waals surface area contributed by atoms with Gasteiger partial charge in [0.2, 0.25) is 0 Å². The minimum atomic E-state index is 0.600. The van der Waals surface area contributed by atoms with E-state index in [1.54, 1.807) is 14.0 Å². The first-order valence-electron chi connectivity index (χ1n) is 8.09. The summed E-state index contributed by atoms with van der Waals surface area (Å²) >= 11 is 0. The molecule has 3 aromatic carbocycles. The fourth-order valence-electron chi connectivity index (χ4n) is 3.27. The lowest BCUT2D eigenvalue weighted by molar-refractivity contribution is 0.319. The van der Waals surface area contributed by atoms with Crippen LogP contribution >= 0.6 is 0 Å². The Morgan fingerprint density at radius 1 is 0.920 bits per heavy atom. The third-order valence-corrected chi connectivity index (χ3v) is 4.57. The summed E-state index contributed by atoms with van der Waals surface area (Å²) in [4.78, 5) is 0. The van der Waals surface area contributed by atoms with Gasteiger partial charge in [0.25, 0.3) is 0 Å². The van der Waals surface area contributed by atoms with E-state index in [-0.39, 0.29) is 0 Å². The molecule has 0 radical (unpaired) electrons. The number of methoxy groups -OCH3 is 1. The Kier molecular flexibility index (Phi) is 3.65. The smallest absolute Gasteiger partial charge is 0.119 e. The van der Waals surface area contributed by atoms with Gasteiger partial charge in [-0.25, -0.2) is 0 Å². The number of fused-ring (bicyclic) bond motifs is 3. The van der Waals surface area contributed by atoms with Crippen LogP contribution in [0.15, 0.2) is 71.9 Å². The molecule has 0 aliphatic carbocycles. The second-order valence-electron chi connectivity index (χ2n) is 5.97. The Hall–Kier alpha value is -3.27. The van der Waals surface area contributed by atoms with Crippen molar-refractivity contribution >= 4 is 27.5 Å². The molecule has 0 aliphatic rings. The van der Waals surface area contributed by atoms with Crippen LogP contribution in [-0.4, -0.2) is 22.6 Å². The molecule has 4 rings (SSSR count). The Balaban J connectivity index is 2.05. The van der Waals surface area contributed by atoms with E-state index in [0.29, 0.717) is 5.71 Å². The molecule has 0 amide bonds. The van der Waals surface area contributed by atoms with E-state index >= 15 is 0 Å². The van der Waals surface area contributed by atoms with Gasteiger partial charge in [-0.3, -0.25) is 0 Å². The van der Waals surface area contributed by atoms with Crippen molar-refractivity contribution in [2.24, 2.45) is 5.16 Å². The van der Waals surface area contributed by atoms with E-state index in [1.165, 1.54) is 5.39 Å². The second kappa shape index (κ2) is 5.98. The number of aromatic nitrogens is 1. The molecule has 4 aromatic rings. The monoisotopic (exact) mass is 330 g/mol. The van der Waals surface area contributed by atoms with Crippen molar-refractivity contribution in [3.8, 4) is 11.4 Å². The number of oxime groups is 1. The fourth-order valence-corrected chi connectivity index (χ4v) is 3.27. The van der Waals surface area contributed by atoms with Crippen molar-refractivity contribution in [2.45, 2.75) is 6.92 Å². The zero-order chi connectivity index (χ0) is 17.4. The van der Waals surface area contributed by atoms with Gasteiger partial charge in [0.15, 0.2) is 0 Å². The van der Waals surface area contributed by atoms with Crippen LogP contribution in [0.1, 0.15) is 12.5 Å². The predicted molar refractivity (Wildman–Crippen MR) is 101 cm³/mol. The van der Waals surface area contributed by atoms with Crippen molar-refractivity contribution in [2.75, 3.05) is 7.11 Å². The molecule has 0 atom stereocenters. The Morgan fingerprint density at radius 2 is 1.64 bits per heavy atom. The largest absolute Gasteiger partial charge is 0.497 e. The second-order valence-corrected chi connectivity index (χ2v) is 5.97. The summed E-state index contributed by atoms with van der Waals surface area (Å²) in [5, 5.41) is 14.7. The Labute approximate surface area is 145 Å². The number of hydrogen-bond donors (Lipinski definition) is 1. The molecule has 0 unspecified atom stereocenters. The van der Waals surface area contributed by atoms with Crippen LogP contribution in [0.3, 0.4) is 0 Å². The van der Waals surface area contributed by atoms with Gasteiger partial charge >= 0.3 is 0 Å². The number of rotatable bonds is 3. The van der Waals surface area contributed by atoms with E-state index in [1.807, 2.05) is 30.3 Å². The molecule has 124 valence electrons. The first-order valence-corrected chi connectivity index (χ1v) is 8.09. The number of para-hydroxylation sites is 1. The predicted octanol–water partition coefficient (Wildman–Crippen LogP) is 4.99. The molecule has 0 saturated carbocycles. The third kappa shape index (κ3) is 2.43. The van der Waals surface area contributed by atoms with Gasteiger partial charge in [-0.2, -0.15) is 0 Å². The molecule has 4 heteroatoms. The van der Waals surface area contributed by atoms with Gasteiger partial charge in [-0.15, -0.1) is 0 Å². The minimum absolute atomic E-state index is 0.600. The van der Waals surface area contributed by atoms with Crippen molar-refractivity contribution in [3.63, 3.8) is 0 Å². The maximum Gasteiger partial charge on any atom is 0.119 e. The standard InChI is InChI=1S/C21H18N2O2/c1-14(22-24)15-7-12-21-19(13-15)18-5-3-4-6-20(18)23(21)16-8-10-17(25-2)11-9-16/h3-13,24H,1-2H3. The molecule has 1 N–H and O–H groups in total. The normalized spacial score (nSPS) is 12.0. The summed E-state index contributed by atoms with van der Waals surface area (Å²) in [6.07, 6.45) is 0. The SMILES string of the molecule is COc1ccc(-n2c3ccccc3c3cc(C(C)=NO)ccc32)cc1. The van der Waals surface area contributed by atoms with Gasteiger partial charge in [-0.05, 0) is 55.0 Å². The number of hydrogen-bond acceptors (Lipinski definition) is 3. The van der Waals surface area contributed by atoms with Crippen LogP contribution in [-0.2, 0) is 0 Å². The van der Waals surface area contributed by atoms with Gasteiger partial charge in [0, 0.05) is 16.5 Å². The highest BCUT2D eigenvalue weighted by atomic mass is 16.5. The summed E-state index contributed by atoms with van der Waals surface area (Å²) in [6.45, 7) is 1.80. The molecule has 0 saturated heterocycles. The summed E-state index contributed by atoms with van der Waals surface area (Å²) in [6, 6.07) is 22.5. The Morgan fingerprint density at radius 3 is 2.36 bits per heavy atom. The van der Waals surface area contributed by atoms with Gasteiger partial charge < -0.3 is 14.5 Å². The maximum atomic E-state index is 9.08. The zero-order valence-corrected chi connectivity index (χ0v) is 14.1. The molecule has 0 bridgehead atoms. The highest BCUT2D eigenvalue weighted by Crippen LogP contribution is 2.33. The van der Waals surface area contributed by atoms with Gasteiger partial charge in [0.1, 0.15) is 5.75 Å². The molecule has 4 nitrogen and oxygen atoms in total. The minimum Gasteiger partial charge on any atom is -0.497 e. The zero-order valence-electron chi connectivity index (χ0n) is 14.1. The van der Waals surface area contributed by atoms with Crippen molar-refractivity contribution < 1.29 is 9.94 Å². The summed E-state index contributed by atoms with van der Waals surface area (Å²) in [5.74, 6) is 0.835. The number of nitrogens with zero attached hydrogens (tertiary/aromatic N) is 2. The molecule has 1 heterocycles.